The first-order valence-electron chi connectivity index (χ1n) is 12.7. The summed E-state index contributed by atoms with van der Waals surface area (Å²) in [6, 6.07) is 1.18. The van der Waals surface area contributed by atoms with E-state index in [-0.39, 0.29) is 35.7 Å². The minimum Gasteiger partial charge on any atom is -0.487 e. The highest BCUT2D eigenvalue weighted by molar-refractivity contribution is 5.93. The average molecular weight is 485 g/mol. The van der Waals surface area contributed by atoms with Crippen LogP contribution in [0.5, 0.6) is 11.5 Å². The summed E-state index contributed by atoms with van der Waals surface area (Å²) in [5, 5.41) is 6.41. The molecule has 4 rings (SSSR count). The summed E-state index contributed by atoms with van der Waals surface area (Å²) in [4.78, 5) is 38.0. The number of hydrogen-bond donors (Lipinski definition) is 2. The van der Waals surface area contributed by atoms with Gasteiger partial charge >= 0.3 is 5.63 Å². The van der Waals surface area contributed by atoms with Crippen LogP contribution in [0.2, 0.25) is 0 Å². The summed E-state index contributed by atoms with van der Waals surface area (Å²) in [5.74, 6) is 0.491. The second-order valence-corrected chi connectivity index (χ2v) is 10.5. The van der Waals surface area contributed by atoms with E-state index >= 15 is 0 Å². The lowest BCUT2D eigenvalue weighted by molar-refractivity contribution is -0.130. The van der Waals surface area contributed by atoms with Gasteiger partial charge < -0.3 is 24.5 Å². The zero-order chi connectivity index (χ0) is 25.3. The van der Waals surface area contributed by atoms with Crippen LogP contribution in [0.1, 0.15) is 77.0 Å². The van der Waals surface area contributed by atoms with E-state index in [1.807, 2.05) is 40.7 Å². The Morgan fingerprint density at radius 2 is 1.86 bits per heavy atom. The van der Waals surface area contributed by atoms with E-state index in [2.05, 4.69) is 10.6 Å². The van der Waals surface area contributed by atoms with Crippen molar-refractivity contribution >= 4 is 22.8 Å². The first-order chi connectivity index (χ1) is 16.6. The van der Waals surface area contributed by atoms with Crippen LogP contribution in [-0.4, -0.2) is 36.1 Å². The molecule has 0 spiro atoms. The van der Waals surface area contributed by atoms with E-state index in [0.717, 1.165) is 48.6 Å². The van der Waals surface area contributed by atoms with Crippen molar-refractivity contribution in [1.29, 1.82) is 0 Å². The maximum Gasteiger partial charge on any atom is 0.339 e. The minimum atomic E-state index is -0.620. The van der Waals surface area contributed by atoms with Crippen molar-refractivity contribution in [1.82, 2.24) is 10.6 Å². The molecule has 0 saturated carbocycles. The third kappa shape index (κ3) is 5.31. The molecule has 2 aliphatic rings. The number of aryl methyl sites for hydroxylation is 2. The van der Waals surface area contributed by atoms with Gasteiger partial charge in [-0.05, 0) is 71.8 Å². The molecule has 0 bridgehead atoms. The average Bonchev–Trinajstić information content (AvgIpc) is 3.26. The van der Waals surface area contributed by atoms with Gasteiger partial charge in [-0.3, -0.25) is 9.59 Å². The summed E-state index contributed by atoms with van der Waals surface area (Å²) >= 11 is 0. The molecule has 190 valence electrons. The second-order valence-electron chi connectivity index (χ2n) is 10.5. The first-order valence-corrected chi connectivity index (χ1v) is 12.7. The van der Waals surface area contributed by atoms with Gasteiger partial charge in [0.2, 0.25) is 5.91 Å². The molecule has 8 heteroatoms. The summed E-state index contributed by atoms with van der Waals surface area (Å²) in [6.07, 6.45) is 5.14. The number of benzene rings is 1. The van der Waals surface area contributed by atoms with E-state index in [9.17, 15) is 14.4 Å². The monoisotopic (exact) mass is 484 g/mol. The number of amides is 2. The largest absolute Gasteiger partial charge is 0.487 e. The molecule has 0 fully saturated rings. The van der Waals surface area contributed by atoms with Crippen molar-refractivity contribution in [3.63, 3.8) is 0 Å². The molecule has 2 N–H and O–H groups in total. The van der Waals surface area contributed by atoms with Crippen LogP contribution in [0, 0.1) is 0 Å². The van der Waals surface area contributed by atoms with E-state index < -0.39 is 6.04 Å². The fourth-order valence-electron chi connectivity index (χ4n) is 4.99. The number of carbonyl (C=O) groups excluding carboxylic acids is 2. The van der Waals surface area contributed by atoms with Crippen LogP contribution in [0.25, 0.3) is 11.0 Å². The second kappa shape index (κ2) is 9.91. The molecule has 1 aliphatic heterocycles. The van der Waals surface area contributed by atoms with Crippen molar-refractivity contribution < 1.29 is 23.5 Å². The predicted molar refractivity (Wildman–Crippen MR) is 133 cm³/mol. The summed E-state index contributed by atoms with van der Waals surface area (Å²) in [6.45, 7) is 9.50. The molecular formula is C27H36N2O6. The molecule has 0 radical (unpaired) electrons. The van der Waals surface area contributed by atoms with Gasteiger partial charge in [-0.15, -0.1) is 0 Å². The molecule has 2 amide bonds. The smallest absolute Gasteiger partial charge is 0.339 e. The molecule has 1 atom stereocenters. The molecule has 1 aliphatic carbocycles. The van der Waals surface area contributed by atoms with Crippen LogP contribution in [0.4, 0.5) is 0 Å². The molecule has 1 aromatic carbocycles. The van der Waals surface area contributed by atoms with Gasteiger partial charge in [0.1, 0.15) is 28.7 Å². The molecular weight excluding hydrogens is 448 g/mol. The maximum atomic E-state index is 12.8. The summed E-state index contributed by atoms with van der Waals surface area (Å²) in [7, 11) is 0. The first kappa shape index (κ1) is 25.1. The van der Waals surface area contributed by atoms with Gasteiger partial charge in [0, 0.05) is 23.2 Å². The molecule has 2 heterocycles. The minimum absolute atomic E-state index is 0.0159. The van der Waals surface area contributed by atoms with Crippen LogP contribution >= 0.6 is 0 Å². The normalized spacial score (nSPS) is 16.9. The van der Waals surface area contributed by atoms with Gasteiger partial charge in [-0.25, -0.2) is 4.79 Å². The Morgan fingerprint density at radius 3 is 2.57 bits per heavy atom. The lowest BCUT2D eigenvalue weighted by Gasteiger charge is -2.33. The van der Waals surface area contributed by atoms with Gasteiger partial charge in [-0.2, -0.15) is 0 Å². The molecule has 35 heavy (non-hydrogen) atoms. The standard InChI is InChI=1S/C27H36N2O6/c1-6-8-19(25(31)28-15(2)3)29-22(30)14-33-21-13-20-18(11-12-27(4,5)35-20)24-23(21)16-9-7-10-17(16)26(32)34-24/h13,15,19H,6-12,14H2,1-5H3,(H,28,31)(H,29,30)/t19-/m1/s1. The van der Waals surface area contributed by atoms with E-state index in [1.165, 1.54) is 0 Å². The molecule has 0 saturated heterocycles. The Labute approximate surface area is 205 Å². The van der Waals surface area contributed by atoms with Gasteiger partial charge in [-0.1, -0.05) is 13.3 Å². The zero-order valence-corrected chi connectivity index (χ0v) is 21.3. The summed E-state index contributed by atoms with van der Waals surface area (Å²) in [5.41, 5.74) is 2.35. The third-order valence-electron chi connectivity index (χ3n) is 6.65. The number of ether oxygens (including phenoxy) is 2. The van der Waals surface area contributed by atoms with E-state index in [0.29, 0.717) is 35.5 Å². The Balaban J connectivity index is 1.64. The van der Waals surface area contributed by atoms with Gasteiger partial charge in [0.15, 0.2) is 6.61 Å². The fraction of sp³-hybridized carbons (Fsp3) is 0.593. The highest BCUT2D eigenvalue weighted by atomic mass is 16.5. The van der Waals surface area contributed by atoms with Crippen molar-refractivity contribution in [2.75, 3.05) is 6.61 Å². The molecule has 2 aromatic rings. The van der Waals surface area contributed by atoms with E-state index in [1.54, 1.807) is 0 Å². The van der Waals surface area contributed by atoms with E-state index in [4.69, 9.17) is 13.9 Å². The van der Waals surface area contributed by atoms with Crippen LogP contribution in [0.15, 0.2) is 15.3 Å². The number of rotatable bonds is 8. The SMILES string of the molecule is CCC[C@@H](NC(=O)COc1cc2c(c3oc(=O)c4c(c13)CCC4)CCC(C)(C)O2)C(=O)NC(C)C. The molecule has 1 aromatic heterocycles. The van der Waals surface area contributed by atoms with Crippen LogP contribution in [0.3, 0.4) is 0 Å². The van der Waals surface area contributed by atoms with Gasteiger partial charge in [0.25, 0.3) is 5.91 Å². The van der Waals surface area contributed by atoms with Gasteiger partial charge in [0.05, 0.1) is 5.39 Å². The predicted octanol–water partition coefficient (Wildman–Crippen LogP) is 3.57. The fourth-order valence-corrected chi connectivity index (χ4v) is 4.99. The third-order valence-corrected chi connectivity index (χ3v) is 6.65. The Kier molecular flexibility index (Phi) is 7.10. The van der Waals surface area contributed by atoms with Crippen molar-refractivity contribution in [2.24, 2.45) is 0 Å². The van der Waals surface area contributed by atoms with Crippen molar-refractivity contribution in [3.8, 4) is 11.5 Å². The Hall–Kier alpha value is -3.03. The number of fused-ring (bicyclic) bond motifs is 5. The highest BCUT2D eigenvalue weighted by Crippen LogP contribution is 2.44. The summed E-state index contributed by atoms with van der Waals surface area (Å²) < 4.78 is 18.1. The zero-order valence-electron chi connectivity index (χ0n) is 21.3. The van der Waals surface area contributed by atoms with Crippen LogP contribution < -0.4 is 25.7 Å². The lowest BCUT2D eigenvalue weighted by Crippen LogP contribution is -2.49. The molecule has 8 nitrogen and oxygen atoms in total. The number of hydrogen-bond acceptors (Lipinski definition) is 6. The van der Waals surface area contributed by atoms with Crippen molar-refractivity contribution in [2.45, 2.75) is 97.2 Å². The van der Waals surface area contributed by atoms with Crippen molar-refractivity contribution in [3.05, 3.63) is 33.2 Å². The van der Waals surface area contributed by atoms with Crippen LogP contribution in [-0.2, 0) is 28.9 Å². The number of carbonyl (C=O) groups is 2. The molecule has 0 unspecified atom stereocenters. The topological polar surface area (TPSA) is 107 Å². The lowest BCUT2D eigenvalue weighted by atomic mass is 9.91. The Bertz CT molecular complexity index is 1200. The number of nitrogens with one attached hydrogen (secondary N) is 2. The Morgan fingerprint density at radius 1 is 1.11 bits per heavy atom. The quantitative estimate of drug-likeness (QED) is 0.555. The maximum absolute atomic E-state index is 12.8. The highest BCUT2D eigenvalue weighted by Gasteiger charge is 2.32.